The van der Waals surface area contributed by atoms with E-state index in [0.717, 1.165) is 11.1 Å². The highest BCUT2D eigenvalue weighted by Crippen LogP contribution is 2.29. The number of likely N-dealkylation sites (N-methyl/N-ethyl adjacent to an activating group) is 2. The average Bonchev–Trinajstić information content (AvgIpc) is 2.77. The maximum atomic E-state index is 12.8. The summed E-state index contributed by atoms with van der Waals surface area (Å²) in [6, 6.07) is 6.87. The zero-order chi connectivity index (χ0) is 23.6. The summed E-state index contributed by atoms with van der Waals surface area (Å²) < 4.78 is 1.25. The first-order valence-electron chi connectivity index (χ1n) is 10.3. The molecule has 10 heteroatoms. The van der Waals surface area contributed by atoms with Crippen LogP contribution in [0.3, 0.4) is 0 Å². The Morgan fingerprint density at radius 1 is 1.22 bits per heavy atom. The van der Waals surface area contributed by atoms with E-state index in [-0.39, 0.29) is 12.4 Å². The number of hydrogen-bond donors (Lipinski definition) is 2. The van der Waals surface area contributed by atoms with Crippen LogP contribution in [0.4, 0.5) is 0 Å². The number of amides is 3. The lowest BCUT2D eigenvalue weighted by molar-refractivity contribution is -0.151. The van der Waals surface area contributed by atoms with Crippen LogP contribution in [0.5, 0.6) is 5.75 Å². The van der Waals surface area contributed by atoms with Crippen molar-refractivity contribution in [2.45, 2.75) is 38.9 Å². The molecule has 10 nitrogen and oxygen atoms in total. The Morgan fingerprint density at radius 2 is 1.94 bits per heavy atom. The van der Waals surface area contributed by atoms with Gasteiger partial charge in [-0.1, -0.05) is 29.8 Å². The van der Waals surface area contributed by atoms with E-state index in [1.807, 2.05) is 31.2 Å². The minimum atomic E-state index is -0.750. The molecular formula is C22H27N5O5. The van der Waals surface area contributed by atoms with Crippen molar-refractivity contribution in [2.24, 2.45) is 0 Å². The molecule has 1 aromatic carbocycles. The SMILES string of the molecule is Cc1cccc(CNC(=O)c2nc3n(c(=O)c2O)CCCC3N(C)C(=O)C(=O)N(C)C)c1. The number of aryl methyl sites for hydroxylation is 1. The third-order valence-electron chi connectivity index (χ3n) is 5.46. The van der Waals surface area contributed by atoms with Crippen molar-refractivity contribution in [3.8, 4) is 5.75 Å². The first-order valence-corrected chi connectivity index (χ1v) is 10.3. The fraction of sp³-hybridized carbons (Fsp3) is 0.409. The Morgan fingerprint density at radius 3 is 2.59 bits per heavy atom. The number of carbonyl (C=O) groups excluding carboxylic acids is 3. The van der Waals surface area contributed by atoms with Gasteiger partial charge in [0.1, 0.15) is 5.82 Å². The number of aromatic nitrogens is 2. The monoisotopic (exact) mass is 441 g/mol. The molecule has 2 aromatic rings. The third kappa shape index (κ3) is 4.48. The molecule has 0 spiro atoms. The molecule has 0 saturated heterocycles. The topological polar surface area (TPSA) is 125 Å². The summed E-state index contributed by atoms with van der Waals surface area (Å²) in [6.07, 6.45) is 1.01. The lowest BCUT2D eigenvalue weighted by Gasteiger charge is -2.33. The number of aromatic hydroxyl groups is 1. The van der Waals surface area contributed by atoms with Gasteiger partial charge in [0.05, 0.1) is 6.04 Å². The third-order valence-corrected chi connectivity index (χ3v) is 5.46. The smallest absolute Gasteiger partial charge is 0.312 e. The highest BCUT2D eigenvalue weighted by molar-refractivity contribution is 6.34. The number of benzene rings is 1. The van der Waals surface area contributed by atoms with E-state index in [4.69, 9.17) is 0 Å². The van der Waals surface area contributed by atoms with Gasteiger partial charge in [0.25, 0.3) is 11.5 Å². The van der Waals surface area contributed by atoms with Gasteiger partial charge >= 0.3 is 11.8 Å². The molecule has 3 amide bonds. The van der Waals surface area contributed by atoms with Gasteiger partial charge in [0.15, 0.2) is 5.69 Å². The molecular weight excluding hydrogens is 414 g/mol. The maximum Gasteiger partial charge on any atom is 0.312 e. The van der Waals surface area contributed by atoms with Crippen LogP contribution in [0.15, 0.2) is 29.1 Å². The number of nitrogens with one attached hydrogen (secondary N) is 1. The Balaban J connectivity index is 1.92. The highest BCUT2D eigenvalue weighted by Gasteiger charge is 2.34. The van der Waals surface area contributed by atoms with E-state index in [1.165, 1.54) is 35.5 Å². The van der Waals surface area contributed by atoms with Crippen LogP contribution in [-0.4, -0.2) is 63.3 Å². The summed E-state index contributed by atoms with van der Waals surface area (Å²) in [4.78, 5) is 56.8. The summed E-state index contributed by atoms with van der Waals surface area (Å²) in [5.41, 5.74) is 0.742. The van der Waals surface area contributed by atoms with Crippen LogP contribution < -0.4 is 10.9 Å². The fourth-order valence-electron chi connectivity index (χ4n) is 3.70. The van der Waals surface area contributed by atoms with Crippen molar-refractivity contribution < 1.29 is 19.5 Å². The number of fused-ring (bicyclic) bond motifs is 1. The molecule has 0 saturated carbocycles. The summed E-state index contributed by atoms with van der Waals surface area (Å²) in [6.45, 7) is 2.42. The molecule has 0 bridgehead atoms. The zero-order valence-electron chi connectivity index (χ0n) is 18.6. The standard InChI is InChI=1S/C22H27N5O5/c1-13-7-5-8-14(11-13)12-23-19(29)16-17(28)20(30)27-10-6-9-15(18(27)24-16)26(4)22(32)21(31)25(2)3/h5,7-8,11,15,28H,6,9-10,12H2,1-4H3,(H,23,29). The van der Waals surface area contributed by atoms with Crippen molar-refractivity contribution >= 4 is 17.7 Å². The number of hydrogen-bond acceptors (Lipinski definition) is 6. The normalized spacial score (nSPS) is 14.9. The van der Waals surface area contributed by atoms with Crippen LogP contribution in [0.25, 0.3) is 0 Å². The molecule has 1 unspecified atom stereocenters. The number of carbonyl (C=O) groups is 3. The minimum Gasteiger partial charge on any atom is -0.501 e. The fourth-order valence-corrected chi connectivity index (χ4v) is 3.70. The molecule has 1 aliphatic heterocycles. The second-order valence-electron chi connectivity index (χ2n) is 8.07. The first-order chi connectivity index (χ1) is 15.1. The van der Waals surface area contributed by atoms with Crippen molar-refractivity contribution in [1.29, 1.82) is 0 Å². The predicted octanol–water partition coefficient (Wildman–Crippen LogP) is 0.569. The van der Waals surface area contributed by atoms with Crippen LogP contribution in [0.1, 0.15) is 46.3 Å². The zero-order valence-corrected chi connectivity index (χ0v) is 18.6. The van der Waals surface area contributed by atoms with Gasteiger partial charge < -0.3 is 20.2 Å². The molecule has 2 N–H and O–H groups in total. The molecule has 2 heterocycles. The van der Waals surface area contributed by atoms with Gasteiger partial charge in [-0.05, 0) is 25.3 Å². The molecule has 1 aromatic heterocycles. The molecule has 0 aliphatic carbocycles. The van der Waals surface area contributed by atoms with Gasteiger partial charge in [-0.15, -0.1) is 0 Å². The molecule has 1 atom stereocenters. The minimum absolute atomic E-state index is 0.169. The number of rotatable bonds is 4. The van der Waals surface area contributed by atoms with Crippen LogP contribution in [0.2, 0.25) is 0 Å². The molecule has 0 radical (unpaired) electrons. The molecule has 1 aliphatic rings. The van der Waals surface area contributed by atoms with Gasteiger partial charge in [-0.25, -0.2) is 4.98 Å². The Hall–Kier alpha value is -3.69. The summed E-state index contributed by atoms with van der Waals surface area (Å²) in [5.74, 6) is -2.73. The molecule has 0 fully saturated rings. The molecule has 3 rings (SSSR count). The summed E-state index contributed by atoms with van der Waals surface area (Å²) in [7, 11) is 4.40. The van der Waals surface area contributed by atoms with Crippen molar-refractivity contribution in [2.75, 3.05) is 21.1 Å². The predicted molar refractivity (Wildman–Crippen MR) is 116 cm³/mol. The van der Waals surface area contributed by atoms with Gasteiger partial charge in [0, 0.05) is 34.2 Å². The van der Waals surface area contributed by atoms with Crippen molar-refractivity contribution in [3.63, 3.8) is 0 Å². The van der Waals surface area contributed by atoms with Gasteiger partial charge in [0.2, 0.25) is 5.75 Å². The van der Waals surface area contributed by atoms with Crippen molar-refractivity contribution in [1.82, 2.24) is 24.7 Å². The first kappa shape index (κ1) is 23.0. The van der Waals surface area contributed by atoms with E-state index >= 15 is 0 Å². The van der Waals surface area contributed by atoms with Crippen LogP contribution >= 0.6 is 0 Å². The maximum absolute atomic E-state index is 12.8. The quantitative estimate of drug-likeness (QED) is 0.669. The van der Waals surface area contributed by atoms with Gasteiger partial charge in [-0.3, -0.25) is 23.7 Å². The lowest BCUT2D eigenvalue weighted by atomic mass is 10.0. The van der Waals surface area contributed by atoms with E-state index < -0.39 is 40.8 Å². The van der Waals surface area contributed by atoms with E-state index in [0.29, 0.717) is 19.4 Å². The number of nitrogens with zero attached hydrogens (tertiary/aromatic N) is 4. The summed E-state index contributed by atoms with van der Waals surface area (Å²) >= 11 is 0. The lowest BCUT2D eigenvalue weighted by Crippen LogP contribution is -2.45. The highest BCUT2D eigenvalue weighted by atomic mass is 16.3. The van der Waals surface area contributed by atoms with Crippen LogP contribution in [-0.2, 0) is 22.7 Å². The molecule has 32 heavy (non-hydrogen) atoms. The second kappa shape index (κ2) is 9.21. The second-order valence-corrected chi connectivity index (χ2v) is 8.07. The van der Waals surface area contributed by atoms with E-state index in [2.05, 4.69) is 10.3 Å². The largest absolute Gasteiger partial charge is 0.501 e. The van der Waals surface area contributed by atoms with Gasteiger partial charge in [-0.2, -0.15) is 0 Å². The van der Waals surface area contributed by atoms with E-state index in [1.54, 1.807) is 0 Å². The molecule has 170 valence electrons. The summed E-state index contributed by atoms with van der Waals surface area (Å²) in [5, 5.41) is 13.0. The Kier molecular flexibility index (Phi) is 6.61. The van der Waals surface area contributed by atoms with E-state index in [9.17, 15) is 24.3 Å². The Bertz CT molecular complexity index is 1120. The van der Waals surface area contributed by atoms with Crippen molar-refractivity contribution in [3.05, 3.63) is 57.3 Å². The van der Waals surface area contributed by atoms with Crippen LogP contribution in [0, 0.1) is 6.92 Å². The Labute approximate surface area is 185 Å². The average molecular weight is 441 g/mol.